The van der Waals surface area contributed by atoms with Gasteiger partial charge in [0.25, 0.3) is 0 Å². The van der Waals surface area contributed by atoms with Gasteiger partial charge in [0.2, 0.25) is 5.91 Å². The van der Waals surface area contributed by atoms with Crippen LogP contribution < -0.4 is 5.32 Å². The van der Waals surface area contributed by atoms with Crippen molar-refractivity contribution in [2.75, 3.05) is 5.32 Å². The number of rotatable bonds is 2. The molecule has 1 atom stereocenters. The Balaban J connectivity index is 2.09. The Morgan fingerprint density at radius 1 is 1.45 bits per heavy atom. The molecule has 3 rings (SSSR count). The van der Waals surface area contributed by atoms with Gasteiger partial charge in [-0.25, -0.2) is 9.07 Å². The van der Waals surface area contributed by atoms with Gasteiger partial charge < -0.3 is 5.32 Å². The van der Waals surface area contributed by atoms with E-state index >= 15 is 0 Å². The van der Waals surface area contributed by atoms with Crippen molar-refractivity contribution in [2.45, 2.75) is 32.2 Å². The summed E-state index contributed by atoms with van der Waals surface area (Å²) in [5.41, 5.74) is 1.76. The van der Waals surface area contributed by atoms with Crippen molar-refractivity contribution in [3.63, 3.8) is 0 Å². The number of carbonyl (C=O) groups excluding carboxylic acids is 1. The predicted octanol–water partition coefficient (Wildman–Crippen LogP) is 3.08. The minimum Gasteiger partial charge on any atom is -0.311 e. The SMILES string of the molecule is CC(C)n1ncc2c1NC(=O)C[C@@H]2c1cccc(F)c1. The van der Waals surface area contributed by atoms with E-state index in [1.54, 1.807) is 16.9 Å². The molecule has 0 spiro atoms. The third-order valence-corrected chi connectivity index (χ3v) is 3.59. The van der Waals surface area contributed by atoms with Crippen LogP contribution in [-0.2, 0) is 4.79 Å². The van der Waals surface area contributed by atoms with Gasteiger partial charge in [0.1, 0.15) is 11.6 Å². The highest BCUT2D eigenvalue weighted by molar-refractivity contribution is 5.94. The summed E-state index contributed by atoms with van der Waals surface area (Å²) in [4.78, 5) is 11.9. The van der Waals surface area contributed by atoms with Crippen molar-refractivity contribution in [1.82, 2.24) is 9.78 Å². The molecule has 0 saturated heterocycles. The number of fused-ring (bicyclic) bond motifs is 1. The molecule has 0 radical (unpaired) electrons. The van der Waals surface area contributed by atoms with E-state index in [4.69, 9.17) is 0 Å². The molecule has 1 aliphatic heterocycles. The lowest BCUT2D eigenvalue weighted by molar-refractivity contribution is -0.116. The first kappa shape index (κ1) is 12.8. The topological polar surface area (TPSA) is 46.9 Å². The first-order chi connectivity index (χ1) is 9.56. The van der Waals surface area contributed by atoms with Crippen LogP contribution in [0, 0.1) is 5.82 Å². The van der Waals surface area contributed by atoms with Crippen LogP contribution in [0.25, 0.3) is 0 Å². The van der Waals surface area contributed by atoms with Crippen molar-refractivity contribution < 1.29 is 9.18 Å². The molecule has 1 N–H and O–H groups in total. The Hall–Kier alpha value is -2.17. The molecule has 0 unspecified atom stereocenters. The average Bonchev–Trinajstić information content (AvgIpc) is 2.81. The molecule has 1 amide bonds. The van der Waals surface area contributed by atoms with Crippen molar-refractivity contribution in [2.24, 2.45) is 0 Å². The van der Waals surface area contributed by atoms with Crippen LogP contribution in [0.3, 0.4) is 0 Å². The number of anilines is 1. The Bertz CT molecular complexity index is 663. The highest BCUT2D eigenvalue weighted by Gasteiger charge is 2.30. The second kappa shape index (κ2) is 4.74. The maximum absolute atomic E-state index is 13.4. The fourth-order valence-electron chi connectivity index (χ4n) is 2.65. The van der Waals surface area contributed by atoms with Crippen LogP contribution in [0.2, 0.25) is 0 Å². The Morgan fingerprint density at radius 2 is 2.25 bits per heavy atom. The lowest BCUT2D eigenvalue weighted by Crippen LogP contribution is -2.25. The lowest BCUT2D eigenvalue weighted by Gasteiger charge is -2.24. The zero-order chi connectivity index (χ0) is 14.3. The van der Waals surface area contributed by atoms with E-state index in [1.165, 1.54) is 12.1 Å². The molecule has 0 saturated carbocycles. The van der Waals surface area contributed by atoms with Gasteiger partial charge in [0.15, 0.2) is 0 Å². The fraction of sp³-hybridized carbons (Fsp3) is 0.333. The zero-order valence-electron chi connectivity index (χ0n) is 11.4. The second-order valence-electron chi connectivity index (χ2n) is 5.35. The molecule has 2 heterocycles. The van der Waals surface area contributed by atoms with E-state index in [2.05, 4.69) is 10.4 Å². The lowest BCUT2D eigenvalue weighted by atomic mass is 9.87. The Labute approximate surface area is 116 Å². The van der Waals surface area contributed by atoms with E-state index in [1.807, 2.05) is 19.9 Å². The van der Waals surface area contributed by atoms with Gasteiger partial charge in [-0.3, -0.25) is 4.79 Å². The summed E-state index contributed by atoms with van der Waals surface area (Å²) in [7, 11) is 0. The molecule has 1 aliphatic rings. The molecule has 1 aromatic heterocycles. The van der Waals surface area contributed by atoms with E-state index in [0.29, 0.717) is 6.42 Å². The highest BCUT2D eigenvalue weighted by atomic mass is 19.1. The van der Waals surface area contributed by atoms with Crippen molar-refractivity contribution >= 4 is 11.7 Å². The zero-order valence-corrected chi connectivity index (χ0v) is 11.4. The summed E-state index contributed by atoms with van der Waals surface area (Å²) < 4.78 is 15.2. The van der Waals surface area contributed by atoms with Gasteiger partial charge in [-0.05, 0) is 31.5 Å². The molecule has 104 valence electrons. The van der Waals surface area contributed by atoms with Crippen LogP contribution in [0.15, 0.2) is 30.5 Å². The number of benzene rings is 1. The molecule has 0 aliphatic carbocycles. The highest BCUT2D eigenvalue weighted by Crippen LogP contribution is 2.37. The summed E-state index contributed by atoms with van der Waals surface area (Å²) in [5, 5.41) is 7.21. The third kappa shape index (κ3) is 2.09. The third-order valence-electron chi connectivity index (χ3n) is 3.59. The van der Waals surface area contributed by atoms with Gasteiger partial charge in [-0.1, -0.05) is 12.1 Å². The standard InChI is InChI=1S/C15H16FN3O/c1-9(2)19-15-13(8-17-19)12(7-14(20)18-15)10-4-3-5-11(16)6-10/h3-6,8-9,12H,7H2,1-2H3,(H,18,20)/t12-/m1/s1. The summed E-state index contributed by atoms with van der Waals surface area (Å²) >= 11 is 0. The van der Waals surface area contributed by atoms with E-state index in [0.717, 1.165) is 16.9 Å². The molecule has 0 bridgehead atoms. The Kier molecular flexibility index (Phi) is 3.04. The van der Waals surface area contributed by atoms with Crippen LogP contribution in [0.4, 0.5) is 10.2 Å². The normalized spacial score (nSPS) is 18.0. The Morgan fingerprint density at radius 3 is 2.95 bits per heavy atom. The molecule has 5 heteroatoms. The molecule has 1 aromatic carbocycles. The minimum absolute atomic E-state index is 0.0610. The van der Waals surface area contributed by atoms with Gasteiger partial charge >= 0.3 is 0 Å². The summed E-state index contributed by atoms with van der Waals surface area (Å²) in [5.74, 6) is 0.243. The number of nitrogens with zero attached hydrogens (tertiary/aromatic N) is 2. The molecular weight excluding hydrogens is 257 g/mol. The number of halogens is 1. The van der Waals surface area contributed by atoms with Gasteiger partial charge in [0, 0.05) is 23.9 Å². The van der Waals surface area contributed by atoms with Crippen LogP contribution in [-0.4, -0.2) is 15.7 Å². The first-order valence-corrected chi connectivity index (χ1v) is 6.69. The quantitative estimate of drug-likeness (QED) is 0.914. The molecule has 20 heavy (non-hydrogen) atoms. The van der Waals surface area contributed by atoms with Crippen molar-refractivity contribution in [3.05, 3.63) is 47.4 Å². The van der Waals surface area contributed by atoms with Crippen molar-refractivity contribution in [3.8, 4) is 0 Å². The maximum atomic E-state index is 13.4. The van der Waals surface area contributed by atoms with Crippen molar-refractivity contribution in [1.29, 1.82) is 0 Å². The summed E-state index contributed by atoms with van der Waals surface area (Å²) in [6.07, 6.45) is 2.09. The number of nitrogens with one attached hydrogen (secondary N) is 1. The number of carbonyl (C=O) groups is 1. The van der Waals surface area contributed by atoms with Crippen LogP contribution in [0.5, 0.6) is 0 Å². The van der Waals surface area contributed by atoms with Crippen LogP contribution >= 0.6 is 0 Å². The second-order valence-corrected chi connectivity index (χ2v) is 5.35. The number of aromatic nitrogens is 2. The molecule has 4 nitrogen and oxygen atoms in total. The molecule has 0 fully saturated rings. The number of amides is 1. The summed E-state index contributed by atoms with van der Waals surface area (Å²) in [6.45, 7) is 4.01. The van der Waals surface area contributed by atoms with Gasteiger partial charge in [0.05, 0.1) is 6.20 Å². The number of hydrogen-bond acceptors (Lipinski definition) is 2. The van der Waals surface area contributed by atoms with E-state index in [-0.39, 0.29) is 23.7 Å². The molecular formula is C15H16FN3O. The average molecular weight is 273 g/mol. The monoisotopic (exact) mass is 273 g/mol. The first-order valence-electron chi connectivity index (χ1n) is 6.69. The number of hydrogen-bond donors (Lipinski definition) is 1. The van der Waals surface area contributed by atoms with Gasteiger partial charge in [-0.2, -0.15) is 5.10 Å². The predicted molar refractivity (Wildman–Crippen MR) is 74.1 cm³/mol. The summed E-state index contributed by atoms with van der Waals surface area (Å²) in [6, 6.07) is 6.57. The van der Waals surface area contributed by atoms with E-state index in [9.17, 15) is 9.18 Å². The molecule has 2 aromatic rings. The van der Waals surface area contributed by atoms with Gasteiger partial charge in [-0.15, -0.1) is 0 Å². The minimum atomic E-state index is -0.286. The smallest absolute Gasteiger partial charge is 0.226 e. The van der Waals surface area contributed by atoms with Crippen LogP contribution in [0.1, 0.15) is 43.4 Å². The van der Waals surface area contributed by atoms with E-state index < -0.39 is 0 Å². The largest absolute Gasteiger partial charge is 0.311 e. The fourth-order valence-corrected chi connectivity index (χ4v) is 2.65. The maximum Gasteiger partial charge on any atom is 0.226 e.